The van der Waals surface area contributed by atoms with Gasteiger partial charge in [-0.2, -0.15) is 0 Å². The van der Waals surface area contributed by atoms with Crippen molar-refractivity contribution in [3.05, 3.63) is 42.5 Å². The number of nitrogens with zero attached hydrogens (tertiary/aromatic N) is 2. The van der Waals surface area contributed by atoms with Crippen LogP contribution < -0.4 is 20.1 Å². The van der Waals surface area contributed by atoms with Crippen molar-refractivity contribution in [1.82, 2.24) is 9.97 Å². The van der Waals surface area contributed by atoms with Crippen LogP contribution in [0.3, 0.4) is 0 Å². The molecule has 128 valence electrons. The number of aromatic nitrogens is 2. The molecule has 0 unspecified atom stereocenters. The zero-order valence-electron chi connectivity index (χ0n) is 13.5. The fourth-order valence-electron chi connectivity index (χ4n) is 2.38. The van der Waals surface area contributed by atoms with E-state index in [4.69, 9.17) is 9.47 Å². The summed E-state index contributed by atoms with van der Waals surface area (Å²) >= 11 is 0. The molecule has 3 aromatic rings. The Morgan fingerprint density at radius 2 is 1.84 bits per heavy atom. The normalized spacial score (nSPS) is 10.4. The first-order valence-corrected chi connectivity index (χ1v) is 7.29. The third-order valence-electron chi connectivity index (χ3n) is 3.59. The lowest BCUT2D eigenvalue weighted by Crippen LogP contribution is -2.01. The van der Waals surface area contributed by atoms with Crippen molar-refractivity contribution in [2.75, 3.05) is 24.9 Å². The number of amides is 1. The maximum absolute atomic E-state index is 14.2. The van der Waals surface area contributed by atoms with Crippen molar-refractivity contribution in [1.29, 1.82) is 0 Å². The van der Waals surface area contributed by atoms with Crippen molar-refractivity contribution >= 4 is 34.5 Å². The quantitative estimate of drug-likeness (QED) is 0.670. The Kier molecular flexibility index (Phi) is 4.60. The molecule has 0 spiro atoms. The molecule has 0 aliphatic heterocycles. The zero-order valence-corrected chi connectivity index (χ0v) is 13.5. The van der Waals surface area contributed by atoms with Crippen molar-refractivity contribution in [3.8, 4) is 11.5 Å². The molecule has 0 bridgehead atoms. The number of halogens is 1. The van der Waals surface area contributed by atoms with Crippen molar-refractivity contribution in [2.24, 2.45) is 0 Å². The molecule has 0 aliphatic rings. The van der Waals surface area contributed by atoms with Gasteiger partial charge in [0.1, 0.15) is 18.0 Å². The van der Waals surface area contributed by atoms with Crippen LogP contribution in [0.25, 0.3) is 10.9 Å². The third-order valence-corrected chi connectivity index (χ3v) is 3.59. The molecular weight excluding hydrogens is 327 g/mol. The van der Waals surface area contributed by atoms with E-state index in [1.165, 1.54) is 32.7 Å². The second-order valence-electron chi connectivity index (χ2n) is 5.03. The number of hydrogen-bond donors (Lipinski definition) is 2. The molecule has 0 atom stereocenters. The minimum Gasteiger partial charge on any atom is -0.493 e. The second-order valence-corrected chi connectivity index (χ2v) is 5.03. The largest absolute Gasteiger partial charge is 0.493 e. The maximum atomic E-state index is 14.2. The molecule has 7 nitrogen and oxygen atoms in total. The fourth-order valence-corrected chi connectivity index (χ4v) is 2.38. The van der Waals surface area contributed by atoms with Crippen LogP contribution in [0.5, 0.6) is 11.5 Å². The van der Waals surface area contributed by atoms with E-state index in [1.807, 2.05) is 0 Å². The van der Waals surface area contributed by atoms with Crippen molar-refractivity contribution in [2.45, 2.75) is 0 Å². The van der Waals surface area contributed by atoms with E-state index >= 15 is 0 Å². The Balaban J connectivity index is 2.03. The Morgan fingerprint density at radius 3 is 2.52 bits per heavy atom. The summed E-state index contributed by atoms with van der Waals surface area (Å²) in [7, 11) is 3.06. The van der Waals surface area contributed by atoms with Crippen LogP contribution in [0.2, 0.25) is 0 Å². The molecule has 0 radical (unpaired) electrons. The van der Waals surface area contributed by atoms with E-state index in [-0.39, 0.29) is 5.69 Å². The number of hydrogen-bond acceptors (Lipinski definition) is 6. The first-order valence-electron chi connectivity index (χ1n) is 7.29. The predicted molar refractivity (Wildman–Crippen MR) is 92.0 cm³/mol. The van der Waals surface area contributed by atoms with Gasteiger partial charge in [-0.05, 0) is 24.3 Å². The van der Waals surface area contributed by atoms with Gasteiger partial charge in [-0.1, -0.05) is 0 Å². The van der Waals surface area contributed by atoms with Crippen LogP contribution in [-0.4, -0.2) is 30.6 Å². The summed E-state index contributed by atoms with van der Waals surface area (Å²) in [6.45, 7) is 0. The number of carbonyl (C=O) groups excluding carboxylic acids is 1. The van der Waals surface area contributed by atoms with Crippen LogP contribution in [0.15, 0.2) is 36.7 Å². The molecule has 25 heavy (non-hydrogen) atoms. The van der Waals surface area contributed by atoms with Crippen molar-refractivity contribution < 1.29 is 18.7 Å². The predicted octanol–water partition coefficient (Wildman–Crippen LogP) is 3.10. The molecule has 0 fully saturated rings. The van der Waals surface area contributed by atoms with Crippen LogP contribution in [0.4, 0.5) is 21.6 Å². The molecule has 2 aromatic carbocycles. The summed E-state index contributed by atoms with van der Waals surface area (Å²) in [6, 6.07) is 7.73. The number of fused-ring (bicyclic) bond motifs is 1. The van der Waals surface area contributed by atoms with Crippen LogP contribution >= 0.6 is 0 Å². The summed E-state index contributed by atoms with van der Waals surface area (Å²) in [6.07, 6.45) is 1.86. The molecular formula is C17H15FN4O3. The summed E-state index contributed by atoms with van der Waals surface area (Å²) in [5.74, 6) is 0.939. The Hall–Kier alpha value is -3.42. The molecule has 1 aromatic heterocycles. The number of nitrogens with one attached hydrogen (secondary N) is 2. The number of ether oxygens (including phenoxy) is 2. The van der Waals surface area contributed by atoms with Gasteiger partial charge in [-0.25, -0.2) is 14.4 Å². The molecule has 8 heteroatoms. The van der Waals surface area contributed by atoms with Gasteiger partial charge in [0.05, 0.1) is 25.4 Å². The van der Waals surface area contributed by atoms with Gasteiger partial charge in [0, 0.05) is 17.1 Å². The average Bonchev–Trinajstić information content (AvgIpc) is 2.63. The monoisotopic (exact) mass is 342 g/mol. The Labute approximate surface area is 142 Å². The van der Waals surface area contributed by atoms with Gasteiger partial charge in [0.2, 0.25) is 6.41 Å². The highest BCUT2D eigenvalue weighted by Crippen LogP contribution is 2.34. The van der Waals surface area contributed by atoms with Gasteiger partial charge in [-0.3, -0.25) is 4.79 Å². The first-order chi connectivity index (χ1) is 12.2. The summed E-state index contributed by atoms with van der Waals surface area (Å²) < 4.78 is 24.8. The first kappa shape index (κ1) is 16.4. The van der Waals surface area contributed by atoms with E-state index in [0.717, 1.165) is 0 Å². The molecule has 0 saturated heterocycles. The molecule has 1 heterocycles. The van der Waals surface area contributed by atoms with Crippen LogP contribution in [0.1, 0.15) is 0 Å². The lowest BCUT2D eigenvalue weighted by Gasteiger charge is -2.12. The minimum absolute atomic E-state index is 0.214. The van der Waals surface area contributed by atoms with Crippen molar-refractivity contribution in [3.63, 3.8) is 0 Å². The molecule has 0 saturated carbocycles. The number of rotatable bonds is 6. The highest BCUT2D eigenvalue weighted by atomic mass is 19.1. The van der Waals surface area contributed by atoms with Crippen LogP contribution in [0, 0.1) is 5.82 Å². The van der Waals surface area contributed by atoms with E-state index in [2.05, 4.69) is 20.6 Å². The molecule has 3 rings (SSSR count). The highest BCUT2D eigenvalue weighted by molar-refractivity contribution is 5.93. The second kappa shape index (κ2) is 7.00. The minimum atomic E-state index is -0.529. The van der Waals surface area contributed by atoms with E-state index in [9.17, 15) is 9.18 Å². The molecule has 1 amide bonds. The fraction of sp³-hybridized carbons (Fsp3) is 0.118. The van der Waals surface area contributed by atoms with Gasteiger partial charge in [0.15, 0.2) is 11.5 Å². The molecule has 2 N–H and O–H groups in total. The van der Waals surface area contributed by atoms with E-state index < -0.39 is 5.82 Å². The third kappa shape index (κ3) is 3.27. The maximum Gasteiger partial charge on any atom is 0.211 e. The summed E-state index contributed by atoms with van der Waals surface area (Å²) in [5, 5.41) is 5.97. The van der Waals surface area contributed by atoms with Gasteiger partial charge in [0.25, 0.3) is 0 Å². The standard InChI is InChI=1S/C17H15FN4O3/c1-24-15-6-11-14(7-16(15)25-2)19-8-20-17(11)22-13-4-3-10(21-9-23)5-12(13)18/h3-9H,1-2H3,(H,21,23)(H,19,20,22). The van der Waals surface area contributed by atoms with Gasteiger partial charge >= 0.3 is 0 Å². The Bertz CT molecular complexity index is 933. The Morgan fingerprint density at radius 1 is 1.08 bits per heavy atom. The molecule has 0 aliphatic carbocycles. The smallest absolute Gasteiger partial charge is 0.211 e. The van der Waals surface area contributed by atoms with E-state index in [1.54, 1.807) is 18.2 Å². The average molecular weight is 342 g/mol. The van der Waals surface area contributed by atoms with E-state index in [0.29, 0.717) is 40.3 Å². The van der Waals surface area contributed by atoms with Crippen LogP contribution in [-0.2, 0) is 4.79 Å². The van der Waals surface area contributed by atoms with Gasteiger partial charge in [-0.15, -0.1) is 0 Å². The lowest BCUT2D eigenvalue weighted by molar-refractivity contribution is -0.105. The zero-order chi connectivity index (χ0) is 17.8. The topological polar surface area (TPSA) is 85.4 Å². The number of benzene rings is 2. The highest BCUT2D eigenvalue weighted by Gasteiger charge is 2.12. The van der Waals surface area contributed by atoms with Gasteiger partial charge < -0.3 is 20.1 Å². The number of carbonyl (C=O) groups is 1. The SMILES string of the molecule is COc1cc2ncnc(Nc3ccc(NC=O)cc3F)c2cc1OC. The lowest BCUT2D eigenvalue weighted by atomic mass is 10.2. The number of methoxy groups -OCH3 is 2. The summed E-state index contributed by atoms with van der Waals surface area (Å²) in [5.41, 5.74) is 1.19. The number of anilines is 3. The summed E-state index contributed by atoms with van der Waals surface area (Å²) in [4.78, 5) is 18.8.